The van der Waals surface area contributed by atoms with Gasteiger partial charge in [0.05, 0.1) is 27.9 Å². The SMILES string of the molecule is CCn1c(CC(=O)Nc2cccc(Cl)c2Cl)nnc1SCC(=O)Nc1ccccc1C. The molecule has 1 aromatic heterocycles. The molecule has 3 rings (SSSR count). The molecule has 1 heterocycles. The molecule has 0 saturated heterocycles. The van der Waals surface area contributed by atoms with E-state index >= 15 is 0 Å². The number of hydrogen-bond acceptors (Lipinski definition) is 5. The van der Waals surface area contributed by atoms with Gasteiger partial charge in [0.2, 0.25) is 11.8 Å². The van der Waals surface area contributed by atoms with Crippen LogP contribution in [0.2, 0.25) is 10.0 Å². The van der Waals surface area contributed by atoms with E-state index in [0.717, 1.165) is 11.3 Å². The van der Waals surface area contributed by atoms with Crippen LogP contribution in [-0.4, -0.2) is 32.3 Å². The van der Waals surface area contributed by atoms with E-state index in [1.807, 2.05) is 42.7 Å². The van der Waals surface area contributed by atoms with Crippen molar-refractivity contribution in [3.05, 3.63) is 63.9 Å². The molecule has 162 valence electrons. The third-order valence-electron chi connectivity index (χ3n) is 4.41. The summed E-state index contributed by atoms with van der Waals surface area (Å²) >= 11 is 13.4. The molecule has 0 spiro atoms. The summed E-state index contributed by atoms with van der Waals surface area (Å²) in [5.41, 5.74) is 2.21. The fourth-order valence-electron chi connectivity index (χ4n) is 2.84. The van der Waals surface area contributed by atoms with E-state index in [0.29, 0.717) is 28.2 Å². The van der Waals surface area contributed by atoms with Gasteiger partial charge in [-0.05, 0) is 37.6 Å². The lowest BCUT2D eigenvalue weighted by Gasteiger charge is -2.10. The summed E-state index contributed by atoms with van der Waals surface area (Å²) in [7, 11) is 0. The molecule has 0 bridgehead atoms. The molecular formula is C21H21Cl2N5O2S. The monoisotopic (exact) mass is 477 g/mol. The zero-order valence-corrected chi connectivity index (χ0v) is 19.3. The number of benzene rings is 2. The average molecular weight is 478 g/mol. The molecule has 0 radical (unpaired) electrons. The quantitative estimate of drug-likeness (QED) is 0.453. The number of nitrogens with one attached hydrogen (secondary N) is 2. The second-order valence-corrected chi connectivity index (χ2v) is 8.35. The Bertz CT molecular complexity index is 1100. The number of rotatable bonds is 8. The highest BCUT2D eigenvalue weighted by atomic mass is 35.5. The first-order valence-electron chi connectivity index (χ1n) is 9.53. The topological polar surface area (TPSA) is 88.9 Å². The molecule has 0 unspecified atom stereocenters. The largest absolute Gasteiger partial charge is 0.325 e. The Kier molecular flexibility index (Phi) is 7.95. The Morgan fingerprint density at radius 2 is 1.71 bits per heavy atom. The highest BCUT2D eigenvalue weighted by molar-refractivity contribution is 7.99. The smallest absolute Gasteiger partial charge is 0.234 e. The van der Waals surface area contributed by atoms with Crippen molar-refractivity contribution < 1.29 is 9.59 Å². The van der Waals surface area contributed by atoms with Gasteiger partial charge >= 0.3 is 0 Å². The Labute approximate surface area is 194 Å². The van der Waals surface area contributed by atoms with E-state index in [9.17, 15) is 9.59 Å². The van der Waals surface area contributed by atoms with Crippen molar-refractivity contribution in [2.45, 2.75) is 32.0 Å². The number of hydrogen-bond donors (Lipinski definition) is 2. The van der Waals surface area contributed by atoms with Crippen LogP contribution in [0.25, 0.3) is 0 Å². The molecule has 0 aliphatic heterocycles. The van der Waals surface area contributed by atoms with Crippen LogP contribution in [0.5, 0.6) is 0 Å². The van der Waals surface area contributed by atoms with Gasteiger partial charge in [-0.25, -0.2) is 0 Å². The number of aryl methyl sites for hydroxylation is 1. The number of carbonyl (C=O) groups is 2. The van der Waals surface area contributed by atoms with Gasteiger partial charge in [0.25, 0.3) is 0 Å². The Hall–Kier alpha value is -2.55. The fourth-order valence-corrected chi connectivity index (χ4v) is 4.01. The van der Waals surface area contributed by atoms with Crippen molar-refractivity contribution in [3.63, 3.8) is 0 Å². The first-order chi connectivity index (χ1) is 14.9. The zero-order valence-electron chi connectivity index (χ0n) is 17.0. The maximum atomic E-state index is 12.5. The van der Waals surface area contributed by atoms with Gasteiger partial charge < -0.3 is 15.2 Å². The predicted molar refractivity (Wildman–Crippen MR) is 125 cm³/mol. The summed E-state index contributed by atoms with van der Waals surface area (Å²) in [5, 5.41) is 15.1. The summed E-state index contributed by atoms with van der Waals surface area (Å²) in [6.45, 7) is 4.43. The Morgan fingerprint density at radius 3 is 2.45 bits per heavy atom. The number of halogens is 2. The van der Waals surface area contributed by atoms with E-state index in [1.165, 1.54) is 11.8 Å². The molecule has 0 fully saturated rings. The first kappa shape index (κ1) is 23.1. The maximum Gasteiger partial charge on any atom is 0.234 e. The van der Waals surface area contributed by atoms with Gasteiger partial charge in [0.1, 0.15) is 5.82 Å². The van der Waals surface area contributed by atoms with Crippen LogP contribution in [0.3, 0.4) is 0 Å². The molecule has 3 aromatic rings. The van der Waals surface area contributed by atoms with Crippen molar-refractivity contribution in [2.75, 3.05) is 16.4 Å². The van der Waals surface area contributed by atoms with Crippen molar-refractivity contribution in [1.82, 2.24) is 14.8 Å². The van der Waals surface area contributed by atoms with Crippen molar-refractivity contribution in [1.29, 1.82) is 0 Å². The molecule has 10 heteroatoms. The van der Waals surface area contributed by atoms with Gasteiger partial charge in [0.15, 0.2) is 5.16 Å². The number of nitrogens with zero attached hydrogens (tertiary/aromatic N) is 3. The molecule has 0 atom stereocenters. The van der Waals surface area contributed by atoms with E-state index in [-0.39, 0.29) is 29.0 Å². The predicted octanol–water partition coefficient (Wildman–Crippen LogP) is 4.83. The van der Waals surface area contributed by atoms with Crippen molar-refractivity contribution >= 4 is 58.2 Å². The fraction of sp³-hybridized carbons (Fsp3) is 0.238. The minimum Gasteiger partial charge on any atom is -0.325 e. The number of carbonyl (C=O) groups excluding carboxylic acids is 2. The van der Waals surface area contributed by atoms with Crippen LogP contribution in [0.4, 0.5) is 11.4 Å². The summed E-state index contributed by atoms with van der Waals surface area (Å²) in [5.74, 6) is 0.247. The molecule has 2 amide bonds. The minimum atomic E-state index is -0.292. The number of aromatic nitrogens is 3. The molecule has 0 saturated carbocycles. The van der Waals surface area contributed by atoms with Crippen LogP contribution in [-0.2, 0) is 22.6 Å². The summed E-state index contributed by atoms with van der Waals surface area (Å²) < 4.78 is 1.81. The van der Waals surface area contributed by atoms with E-state index < -0.39 is 0 Å². The van der Waals surface area contributed by atoms with Gasteiger partial charge in [0, 0.05) is 12.2 Å². The van der Waals surface area contributed by atoms with Gasteiger partial charge in [-0.15, -0.1) is 10.2 Å². The minimum absolute atomic E-state index is 0.0135. The molecule has 2 N–H and O–H groups in total. The highest BCUT2D eigenvalue weighted by Crippen LogP contribution is 2.29. The third-order valence-corrected chi connectivity index (χ3v) is 6.19. The molecule has 7 nitrogen and oxygen atoms in total. The Balaban J connectivity index is 1.61. The second-order valence-electron chi connectivity index (χ2n) is 6.62. The summed E-state index contributed by atoms with van der Waals surface area (Å²) in [4.78, 5) is 24.8. The third kappa shape index (κ3) is 6.00. The lowest BCUT2D eigenvalue weighted by molar-refractivity contribution is -0.116. The molecule has 0 aliphatic rings. The standard InChI is InChI=1S/C21H21Cl2N5O2S/c1-3-28-17(11-18(29)25-16-10-6-8-14(22)20(16)23)26-27-21(28)31-12-19(30)24-15-9-5-4-7-13(15)2/h4-10H,3,11-12H2,1-2H3,(H,24,30)(H,25,29). The number of amides is 2. The first-order valence-corrected chi connectivity index (χ1v) is 11.3. The molecule has 0 aliphatic carbocycles. The van der Waals surface area contributed by atoms with E-state index in [2.05, 4.69) is 20.8 Å². The van der Waals surface area contributed by atoms with Crippen LogP contribution >= 0.6 is 35.0 Å². The lowest BCUT2D eigenvalue weighted by atomic mass is 10.2. The van der Waals surface area contributed by atoms with Crippen LogP contribution in [0, 0.1) is 6.92 Å². The summed E-state index contributed by atoms with van der Waals surface area (Å²) in [6.07, 6.45) is 0.0135. The maximum absolute atomic E-state index is 12.5. The van der Waals surface area contributed by atoms with Crippen molar-refractivity contribution in [2.24, 2.45) is 0 Å². The number of thioether (sulfide) groups is 1. The normalized spacial score (nSPS) is 10.7. The van der Waals surface area contributed by atoms with Gasteiger partial charge in [-0.2, -0.15) is 0 Å². The van der Waals surface area contributed by atoms with Gasteiger partial charge in [-0.3, -0.25) is 9.59 Å². The lowest BCUT2D eigenvalue weighted by Crippen LogP contribution is -2.18. The Morgan fingerprint density at radius 1 is 1.00 bits per heavy atom. The molecule has 31 heavy (non-hydrogen) atoms. The van der Waals surface area contributed by atoms with Crippen molar-refractivity contribution in [3.8, 4) is 0 Å². The highest BCUT2D eigenvalue weighted by Gasteiger charge is 2.17. The number of para-hydroxylation sites is 1. The van der Waals surface area contributed by atoms with Gasteiger partial charge in [-0.1, -0.05) is 59.2 Å². The molecular weight excluding hydrogens is 457 g/mol. The summed E-state index contributed by atoms with van der Waals surface area (Å²) in [6, 6.07) is 12.6. The van der Waals surface area contributed by atoms with E-state index in [1.54, 1.807) is 18.2 Å². The molecule has 2 aromatic carbocycles. The number of anilines is 2. The van der Waals surface area contributed by atoms with Crippen LogP contribution < -0.4 is 10.6 Å². The second kappa shape index (κ2) is 10.7. The van der Waals surface area contributed by atoms with E-state index in [4.69, 9.17) is 23.2 Å². The zero-order chi connectivity index (χ0) is 22.4. The van der Waals surface area contributed by atoms with Crippen LogP contribution in [0.15, 0.2) is 47.6 Å². The van der Waals surface area contributed by atoms with Crippen LogP contribution in [0.1, 0.15) is 18.3 Å². The average Bonchev–Trinajstić information content (AvgIpc) is 3.13.